The molecule has 0 saturated heterocycles. The highest BCUT2D eigenvalue weighted by molar-refractivity contribution is 6.30. The second kappa shape index (κ2) is 7.76. The van der Waals surface area contributed by atoms with E-state index in [1.54, 1.807) is 61.7 Å². The molecule has 2 atom stereocenters. The summed E-state index contributed by atoms with van der Waals surface area (Å²) in [6.45, 7) is 1.76. The molecule has 1 fully saturated rings. The largest absolute Gasteiger partial charge is 0.326 e. The summed E-state index contributed by atoms with van der Waals surface area (Å²) in [7, 11) is 0. The summed E-state index contributed by atoms with van der Waals surface area (Å²) in [5.74, 6) is -0.513. The molecule has 2 amide bonds. The van der Waals surface area contributed by atoms with Gasteiger partial charge in [-0.05, 0) is 55.8 Å². The highest BCUT2D eigenvalue weighted by atomic mass is 35.5. The predicted molar refractivity (Wildman–Crippen MR) is 115 cm³/mol. The molecular formula is C22H19ClN4O3. The maximum Gasteiger partial charge on any atom is 0.255 e. The quantitative estimate of drug-likeness (QED) is 0.658. The lowest BCUT2D eigenvalue weighted by Gasteiger charge is -2.13. The highest BCUT2D eigenvalue weighted by Gasteiger charge is 2.60. The molecule has 2 heterocycles. The second-order valence-electron chi connectivity index (χ2n) is 7.43. The molecule has 1 aliphatic carbocycles. The van der Waals surface area contributed by atoms with E-state index in [1.807, 2.05) is 0 Å². The molecule has 7 nitrogen and oxygen atoms in total. The van der Waals surface area contributed by atoms with Crippen molar-refractivity contribution in [3.8, 4) is 5.69 Å². The van der Waals surface area contributed by atoms with Gasteiger partial charge in [0.2, 0.25) is 11.8 Å². The van der Waals surface area contributed by atoms with Crippen LogP contribution in [0.3, 0.4) is 0 Å². The van der Waals surface area contributed by atoms with Crippen LogP contribution in [-0.4, -0.2) is 21.4 Å². The number of hydrogen-bond acceptors (Lipinski definition) is 4. The van der Waals surface area contributed by atoms with Crippen LogP contribution in [0, 0.1) is 11.3 Å². The van der Waals surface area contributed by atoms with Gasteiger partial charge in [-0.15, -0.1) is 0 Å². The van der Waals surface area contributed by atoms with Crippen LogP contribution in [0.4, 0.5) is 11.5 Å². The van der Waals surface area contributed by atoms with Gasteiger partial charge in [0.25, 0.3) is 5.56 Å². The van der Waals surface area contributed by atoms with Crippen LogP contribution in [0.1, 0.15) is 13.3 Å². The molecular weight excluding hydrogens is 404 g/mol. The first kappa shape index (κ1) is 19.8. The van der Waals surface area contributed by atoms with E-state index < -0.39 is 11.3 Å². The van der Waals surface area contributed by atoms with Crippen LogP contribution in [0.25, 0.3) is 5.69 Å². The van der Waals surface area contributed by atoms with Gasteiger partial charge in [0.05, 0.1) is 16.4 Å². The lowest BCUT2D eigenvalue weighted by molar-refractivity contribution is -0.125. The number of nitrogens with zero attached hydrogens (tertiary/aromatic N) is 2. The van der Waals surface area contributed by atoms with Crippen molar-refractivity contribution in [2.75, 3.05) is 10.6 Å². The SMILES string of the molecule is CC1(C(=O)Nc2ccc(-n3ccccc3=O)cc2)CC1C(=O)Nc1ccc(Cl)cn1. The van der Waals surface area contributed by atoms with Gasteiger partial charge in [-0.2, -0.15) is 0 Å². The number of halogens is 1. The summed E-state index contributed by atoms with van der Waals surface area (Å²) in [6, 6.07) is 15.1. The van der Waals surface area contributed by atoms with Crippen molar-refractivity contribution in [1.29, 1.82) is 0 Å². The Hall–Kier alpha value is -3.45. The van der Waals surface area contributed by atoms with Crippen LogP contribution in [0.5, 0.6) is 0 Å². The van der Waals surface area contributed by atoms with Gasteiger partial charge >= 0.3 is 0 Å². The number of anilines is 2. The number of carbonyl (C=O) groups is 2. The average molecular weight is 423 g/mol. The summed E-state index contributed by atoms with van der Waals surface area (Å²) < 4.78 is 1.51. The minimum Gasteiger partial charge on any atom is -0.326 e. The molecule has 0 radical (unpaired) electrons. The van der Waals surface area contributed by atoms with Crippen LogP contribution < -0.4 is 16.2 Å². The maximum atomic E-state index is 12.7. The average Bonchev–Trinajstić information content (AvgIpc) is 3.44. The molecule has 1 aliphatic rings. The molecule has 2 unspecified atom stereocenters. The van der Waals surface area contributed by atoms with E-state index in [0.717, 1.165) is 0 Å². The number of aromatic nitrogens is 2. The zero-order valence-electron chi connectivity index (χ0n) is 16.1. The first-order valence-corrected chi connectivity index (χ1v) is 9.77. The number of nitrogens with one attached hydrogen (secondary N) is 2. The van der Waals surface area contributed by atoms with E-state index in [1.165, 1.54) is 16.8 Å². The Balaban J connectivity index is 1.39. The first-order chi connectivity index (χ1) is 14.4. The number of benzene rings is 1. The van der Waals surface area contributed by atoms with Crippen molar-refractivity contribution in [2.24, 2.45) is 11.3 Å². The zero-order chi connectivity index (χ0) is 21.3. The molecule has 4 rings (SSSR count). The Morgan fingerprint density at radius 1 is 1.10 bits per heavy atom. The molecule has 0 aliphatic heterocycles. The summed E-state index contributed by atoms with van der Waals surface area (Å²) in [5.41, 5.74) is 0.373. The number of amides is 2. The lowest BCUT2D eigenvalue weighted by Crippen LogP contribution is -2.27. The standard InChI is InChI=1S/C22H19ClN4O3/c1-22(12-17(22)20(29)26-18-10-5-14(23)13-24-18)21(30)25-15-6-8-16(9-7-15)27-11-3-2-4-19(27)28/h2-11,13,17H,12H2,1H3,(H,25,30)(H,24,26,29). The number of hydrogen-bond donors (Lipinski definition) is 2. The fourth-order valence-electron chi connectivity index (χ4n) is 3.28. The molecule has 0 spiro atoms. The summed E-state index contributed by atoms with van der Waals surface area (Å²) in [4.78, 5) is 41.2. The van der Waals surface area contributed by atoms with Gasteiger partial charge < -0.3 is 10.6 Å². The van der Waals surface area contributed by atoms with E-state index in [4.69, 9.17) is 11.6 Å². The maximum absolute atomic E-state index is 12.7. The second-order valence-corrected chi connectivity index (χ2v) is 7.87. The summed E-state index contributed by atoms with van der Waals surface area (Å²) in [5, 5.41) is 6.05. The van der Waals surface area contributed by atoms with Gasteiger partial charge in [-0.1, -0.05) is 17.7 Å². The van der Waals surface area contributed by atoms with E-state index in [2.05, 4.69) is 15.6 Å². The van der Waals surface area contributed by atoms with Crippen molar-refractivity contribution in [3.05, 3.63) is 82.4 Å². The Labute approximate surface area is 177 Å². The van der Waals surface area contributed by atoms with Crippen LogP contribution in [-0.2, 0) is 9.59 Å². The van der Waals surface area contributed by atoms with Crippen molar-refractivity contribution >= 4 is 34.9 Å². The van der Waals surface area contributed by atoms with Crippen molar-refractivity contribution in [1.82, 2.24) is 9.55 Å². The molecule has 0 bridgehead atoms. The van der Waals surface area contributed by atoms with Gasteiger partial charge in [0.15, 0.2) is 0 Å². The zero-order valence-corrected chi connectivity index (χ0v) is 16.9. The van der Waals surface area contributed by atoms with E-state index >= 15 is 0 Å². The molecule has 8 heteroatoms. The first-order valence-electron chi connectivity index (χ1n) is 9.39. The fourth-order valence-corrected chi connectivity index (χ4v) is 3.39. The Morgan fingerprint density at radius 3 is 2.53 bits per heavy atom. The van der Waals surface area contributed by atoms with Crippen LogP contribution in [0.15, 0.2) is 71.8 Å². The van der Waals surface area contributed by atoms with Crippen LogP contribution >= 0.6 is 11.6 Å². The molecule has 1 aromatic carbocycles. The monoisotopic (exact) mass is 422 g/mol. The minimum absolute atomic E-state index is 0.135. The Kier molecular flexibility index (Phi) is 5.13. The third kappa shape index (κ3) is 3.97. The number of pyridine rings is 2. The summed E-state index contributed by atoms with van der Waals surface area (Å²) >= 11 is 5.79. The predicted octanol–water partition coefficient (Wildman–Crippen LogP) is 3.49. The molecule has 1 saturated carbocycles. The number of rotatable bonds is 5. The highest BCUT2D eigenvalue weighted by Crippen LogP contribution is 2.53. The van der Waals surface area contributed by atoms with Gasteiger partial charge in [-0.3, -0.25) is 19.0 Å². The third-order valence-electron chi connectivity index (χ3n) is 5.28. The third-order valence-corrected chi connectivity index (χ3v) is 5.50. The molecule has 3 aromatic rings. The van der Waals surface area contributed by atoms with E-state index in [9.17, 15) is 14.4 Å². The smallest absolute Gasteiger partial charge is 0.255 e. The van der Waals surface area contributed by atoms with Gasteiger partial charge in [-0.25, -0.2) is 4.98 Å². The molecule has 30 heavy (non-hydrogen) atoms. The lowest BCUT2D eigenvalue weighted by atomic mass is 10.0. The van der Waals surface area contributed by atoms with Crippen molar-refractivity contribution in [3.63, 3.8) is 0 Å². The van der Waals surface area contributed by atoms with Crippen LogP contribution in [0.2, 0.25) is 5.02 Å². The summed E-state index contributed by atoms with van der Waals surface area (Å²) in [6.07, 6.45) is 3.58. The normalized spacial score (nSPS) is 19.7. The molecule has 2 N–H and O–H groups in total. The number of carbonyl (C=O) groups excluding carboxylic acids is 2. The molecule has 2 aromatic heterocycles. The minimum atomic E-state index is -0.786. The Bertz CT molecular complexity index is 1160. The topological polar surface area (TPSA) is 93.1 Å². The fraction of sp³-hybridized carbons (Fsp3) is 0.182. The van der Waals surface area contributed by atoms with Crippen molar-refractivity contribution in [2.45, 2.75) is 13.3 Å². The van der Waals surface area contributed by atoms with Crippen molar-refractivity contribution < 1.29 is 9.59 Å². The molecule has 152 valence electrons. The Morgan fingerprint density at radius 2 is 1.87 bits per heavy atom. The van der Waals surface area contributed by atoms with Gasteiger partial charge in [0.1, 0.15) is 5.82 Å². The van der Waals surface area contributed by atoms with E-state index in [0.29, 0.717) is 28.6 Å². The van der Waals surface area contributed by atoms with Gasteiger partial charge in [0, 0.05) is 29.8 Å². The van der Waals surface area contributed by atoms with E-state index in [-0.39, 0.29) is 17.4 Å².